The Bertz CT molecular complexity index is 1210. The number of benzene rings is 2. The number of nitrogens with zero attached hydrogens (tertiary/aromatic N) is 4. The van der Waals surface area contributed by atoms with Crippen molar-refractivity contribution in [3.8, 4) is 11.4 Å². The maximum absolute atomic E-state index is 13.4. The molecule has 0 radical (unpaired) electrons. The van der Waals surface area contributed by atoms with Crippen LogP contribution in [-0.2, 0) is 10.9 Å². The van der Waals surface area contributed by atoms with Crippen molar-refractivity contribution in [2.24, 2.45) is 0 Å². The highest BCUT2D eigenvalue weighted by atomic mass is 19.4. The maximum Gasteiger partial charge on any atom is 0.453 e. The predicted octanol–water partition coefficient (Wildman–Crippen LogP) is 4.31. The molecule has 2 aliphatic rings. The Morgan fingerprint density at radius 3 is 2.77 bits per heavy atom. The molecule has 0 bridgehead atoms. The molecule has 0 saturated carbocycles. The van der Waals surface area contributed by atoms with Crippen LogP contribution in [0.1, 0.15) is 35.8 Å². The third kappa shape index (κ3) is 4.53. The van der Waals surface area contributed by atoms with Crippen LogP contribution in [0.4, 0.5) is 17.6 Å². The molecule has 3 heterocycles. The molecule has 5 rings (SSSR count). The third-order valence-electron chi connectivity index (χ3n) is 6.24. The zero-order valence-corrected chi connectivity index (χ0v) is 18.6. The van der Waals surface area contributed by atoms with E-state index in [2.05, 4.69) is 20.8 Å². The smallest absolute Gasteiger partial charge is 0.453 e. The molecule has 7 nitrogen and oxygen atoms in total. The Morgan fingerprint density at radius 2 is 2.00 bits per heavy atom. The van der Waals surface area contributed by atoms with Crippen molar-refractivity contribution in [3.63, 3.8) is 0 Å². The summed E-state index contributed by atoms with van der Waals surface area (Å²) in [6.45, 7) is 0.181. The van der Waals surface area contributed by atoms with Crippen molar-refractivity contribution in [2.45, 2.75) is 30.7 Å². The summed E-state index contributed by atoms with van der Waals surface area (Å²) < 4.78 is 65.6. The fraction of sp³-hybridized carbons (Fsp3) is 0.375. The van der Waals surface area contributed by atoms with E-state index < -0.39 is 24.3 Å². The molecule has 0 amide bonds. The van der Waals surface area contributed by atoms with Crippen LogP contribution in [0, 0.1) is 0 Å². The molecule has 3 aromatic rings. The first-order valence-corrected chi connectivity index (χ1v) is 11.2. The van der Waals surface area contributed by atoms with Gasteiger partial charge in [0.1, 0.15) is 24.6 Å². The zero-order chi connectivity index (χ0) is 24.5. The van der Waals surface area contributed by atoms with Crippen LogP contribution >= 0.6 is 0 Å². The SMILES string of the molecule is FCCOc1ccc(-n2nnnc2C(F)(F)F)cc1C1=C[C@@]2(CCCNC2c2ccccc2)OC1. The van der Waals surface area contributed by atoms with Crippen LogP contribution < -0.4 is 10.1 Å². The molecule has 1 aromatic heterocycles. The van der Waals surface area contributed by atoms with Gasteiger partial charge in [0.25, 0.3) is 5.82 Å². The number of halogens is 4. The van der Waals surface area contributed by atoms with Gasteiger partial charge in [-0.25, -0.2) is 4.39 Å². The van der Waals surface area contributed by atoms with E-state index >= 15 is 0 Å². The summed E-state index contributed by atoms with van der Waals surface area (Å²) in [6, 6.07) is 14.3. The predicted molar refractivity (Wildman–Crippen MR) is 119 cm³/mol. The van der Waals surface area contributed by atoms with Gasteiger partial charge in [-0.1, -0.05) is 30.3 Å². The van der Waals surface area contributed by atoms with Crippen molar-refractivity contribution in [1.29, 1.82) is 0 Å². The first kappa shape index (κ1) is 23.4. The van der Waals surface area contributed by atoms with Gasteiger partial charge in [-0.15, -0.1) is 5.10 Å². The second-order valence-electron chi connectivity index (χ2n) is 8.44. The molecule has 2 aromatic carbocycles. The fourth-order valence-electron chi connectivity index (χ4n) is 4.74. The molecule has 1 fully saturated rings. The third-order valence-corrected chi connectivity index (χ3v) is 6.24. The van der Waals surface area contributed by atoms with E-state index in [9.17, 15) is 17.6 Å². The molecule has 1 N–H and O–H groups in total. The Kier molecular flexibility index (Phi) is 6.28. The molecule has 1 saturated heterocycles. The Balaban J connectivity index is 1.57. The average Bonchev–Trinajstić information content (AvgIpc) is 3.52. The highest BCUT2D eigenvalue weighted by molar-refractivity contribution is 5.75. The molecule has 184 valence electrons. The van der Waals surface area contributed by atoms with Gasteiger partial charge in [-0.2, -0.15) is 17.9 Å². The second kappa shape index (κ2) is 9.38. The lowest BCUT2D eigenvalue weighted by molar-refractivity contribution is -0.146. The number of nitrogens with one attached hydrogen (secondary N) is 1. The van der Waals surface area contributed by atoms with Gasteiger partial charge < -0.3 is 14.8 Å². The summed E-state index contributed by atoms with van der Waals surface area (Å²) >= 11 is 0. The Labute approximate surface area is 198 Å². The zero-order valence-electron chi connectivity index (χ0n) is 18.6. The number of piperidine rings is 1. The van der Waals surface area contributed by atoms with Crippen LogP contribution in [0.15, 0.2) is 54.6 Å². The molecule has 1 unspecified atom stereocenters. The van der Waals surface area contributed by atoms with Crippen LogP contribution in [0.5, 0.6) is 5.75 Å². The number of ether oxygens (including phenoxy) is 2. The van der Waals surface area contributed by atoms with Crippen molar-refractivity contribution < 1.29 is 27.0 Å². The van der Waals surface area contributed by atoms with Gasteiger partial charge in [0.2, 0.25) is 0 Å². The second-order valence-corrected chi connectivity index (χ2v) is 8.44. The summed E-state index contributed by atoms with van der Waals surface area (Å²) in [5, 5.41) is 13.4. The van der Waals surface area contributed by atoms with Gasteiger partial charge in [0.05, 0.1) is 18.3 Å². The van der Waals surface area contributed by atoms with E-state index in [-0.39, 0.29) is 24.9 Å². The highest BCUT2D eigenvalue weighted by Gasteiger charge is 2.45. The number of alkyl halides is 4. The monoisotopic (exact) mass is 489 g/mol. The van der Waals surface area contributed by atoms with Crippen LogP contribution in [0.2, 0.25) is 0 Å². The van der Waals surface area contributed by atoms with Gasteiger partial charge in [-0.05, 0) is 65.2 Å². The quantitative estimate of drug-likeness (QED) is 0.521. The number of tetrazole rings is 1. The number of hydrogen-bond donors (Lipinski definition) is 1. The van der Waals surface area contributed by atoms with E-state index in [0.29, 0.717) is 16.0 Å². The van der Waals surface area contributed by atoms with Crippen molar-refractivity contribution in [2.75, 3.05) is 26.4 Å². The van der Waals surface area contributed by atoms with Gasteiger partial charge in [0, 0.05) is 5.56 Å². The maximum atomic E-state index is 13.4. The van der Waals surface area contributed by atoms with Crippen LogP contribution in [0.3, 0.4) is 0 Å². The standard InChI is InChI=1S/C24H23F4N5O2/c25-10-12-34-20-8-7-18(33-22(24(26,27)28)30-31-32-33)13-19(20)17-14-23(35-15-17)9-4-11-29-21(23)16-5-2-1-3-6-16/h1-3,5-8,13-14,21,29H,4,9-12,15H2/t21?,23-/m1/s1. The van der Waals surface area contributed by atoms with E-state index in [1.165, 1.54) is 18.2 Å². The van der Waals surface area contributed by atoms with Crippen molar-refractivity contribution in [1.82, 2.24) is 25.5 Å². The minimum absolute atomic E-state index is 0.0929. The number of rotatable bonds is 6. The lowest BCUT2D eigenvalue weighted by Crippen LogP contribution is -2.47. The van der Waals surface area contributed by atoms with E-state index in [1.807, 2.05) is 36.4 Å². The van der Waals surface area contributed by atoms with Crippen molar-refractivity contribution in [3.05, 3.63) is 71.6 Å². The Hall–Kier alpha value is -3.31. The molecule has 0 aliphatic carbocycles. The highest BCUT2D eigenvalue weighted by Crippen LogP contribution is 2.45. The number of aromatic nitrogens is 4. The first-order chi connectivity index (χ1) is 16.9. The normalized spacial score (nSPS) is 22.4. The van der Waals surface area contributed by atoms with Gasteiger partial charge >= 0.3 is 6.18 Å². The summed E-state index contributed by atoms with van der Waals surface area (Å²) in [7, 11) is 0. The van der Waals surface area contributed by atoms with E-state index in [4.69, 9.17) is 9.47 Å². The largest absolute Gasteiger partial charge is 0.490 e. The molecular formula is C24H23F4N5O2. The summed E-state index contributed by atoms with van der Waals surface area (Å²) in [5.74, 6) is -0.894. The average molecular weight is 489 g/mol. The molecule has 11 heteroatoms. The van der Waals surface area contributed by atoms with Crippen LogP contribution in [0.25, 0.3) is 11.3 Å². The van der Waals surface area contributed by atoms with Crippen molar-refractivity contribution >= 4 is 5.57 Å². The molecule has 35 heavy (non-hydrogen) atoms. The molecule has 2 aliphatic heterocycles. The minimum Gasteiger partial charge on any atom is -0.490 e. The number of hydrogen-bond acceptors (Lipinski definition) is 6. The lowest BCUT2D eigenvalue weighted by atomic mass is 9.81. The lowest BCUT2D eigenvalue weighted by Gasteiger charge is -2.40. The van der Waals surface area contributed by atoms with E-state index in [0.717, 1.165) is 30.5 Å². The van der Waals surface area contributed by atoms with Gasteiger partial charge in [0.15, 0.2) is 0 Å². The summed E-state index contributed by atoms with van der Waals surface area (Å²) in [6.07, 6.45) is -1.04. The van der Waals surface area contributed by atoms with Crippen LogP contribution in [-0.4, -0.2) is 52.2 Å². The van der Waals surface area contributed by atoms with Gasteiger partial charge in [-0.3, -0.25) is 0 Å². The molecule has 1 spiro atoms. The molecular weight excluding hydrogens is 466 g/mol. The minimum atomic E-state index is -4.73. The first-order valence-electron chi connectivity index (χ1n) is 11.2. The summed E-state index contributed by atoms with van der Waals surface area (Å²) in [4.78, 5) is 0. The Morgan fingerprint density at radius 1 is 1.17 bits per heavy atom. The van der Waals surface area contributed by atoms with E-state index in [1.54, 1.807) is 0 Å². The molecule has 2 atom stereocenters. The topological polar surface area (TPSA) is 74.1 Å². The summed E-state index contributed by atoms with van der Waals surface area (Å²) in [5.41, 5.74) is 1.80. The fourth-order valence-corrected chi connectivity index (χ4v) is 4.74.